The molecule has 0 aromatic rings. The zero-order valence-electron chi connectivity index (χ0n) is 6.14. The summed E-state index contributed by atoms with van der Waals surface area (Å²) in [6.07, 6.45) is 8.92. The number of hydrogen-bond acceptors (Lipinski definition) is 2. The average molecular weight is 139 g/mol. The van der Waals surface area contributed by atoms with E-state index < -0.39 is 0 Å². The van der Waals surface area contributed by atoms with Gasteiger partial charge in [0, 0.05) is 13.3 Å². The van der Waals surface area contributed by atoms with Crippen LogP contribution in [0.15, 0.2) is 0 Å². The summed E-state index contributed by atoms with van der Waals surface area (Å²) >= 11 is 0. The molecule has 0 fully saturated rings. The minimum Gasteiger partial charge on any atom is -0.466 e. The van der Waals surface area contributed by atoms with E-state index in [2.05, 4.69) is 10.7 Å². The maximum atomic E-state index is 10.2. The van der Waals surface area contributed by atoms with Crippen LogP contribution >= 0.6 is 0 Å². The lowest BCUT2D eigenvalue weighted by Crippen LogP contribution is -1.99. The molecule has 0 heterocycles. The van der Waals surface area contributed by atoms with E-state index in [1.54, 1.807) is 0 Å². The molecule has 2 heteroatoms. The Kier molecular flexibility index (Phi) is 5.56. The van der Waals surface area contributed by atoms with Gasteiger partial charge >= 0.3 is 5.97 Å². The van der Waals surface area contributed by atoms with Gasteiger partial charge in [0.2, 0.25) is 0 Å². The fraction of sp³-hybridized carbons (Fsp3) is 0.625. The van der Waals surface area contributed by atoms with Crippen molar-refractivity contribution < 1.29 is 9.53 Å². The molecule has 0 unspecified atom stereocenters. The van der Waals surface area contributed by atoms with Crippen LogP contribution in [0.4, 0.5) is 0 Å². The van der Waals surface area contributed by atoms with Gasteiger partial charge in [-0.25, -0.2) is 0 Å². The fourth-order valence-corrected chi connectivity index (χ4v) is 0.531. The van der Waals surface area contributed by atoms with Gasteiger partial charge in [-0.15, -0.1) is 0 Å². The van der Waals surface area contributed by atoms with Crippen LogP contribution in [0.2, 0.25) is 0 Å². The van der Waals surface area contributed by atoms with Crippen LogP contribution in [0.5, 0.6) is 0 Å². The molecule has 0 atom stereocenters. The quantitative estimate of drug-likeness (QED) is 0.333. The van der Waals surface area contributed by atoms with Gasteiger partial charge in [0.05, 0.1) is 6.61 Å². The molecule has 2 nitrogen and oxygen atoms in total. The first kappa shape index (κ1) is 9.03. The minimum atomic E-state index is -0.237. The van der Waals surface area contributed by atoms with Gasteiger partial charge in [0.25, 0.3) is 0 Å². The van der Waals surface area contributed by atoms with Gasteiger partial charge in [-0.2, -0.15) is 0 Å². The highest BCUT2D eigenvalue weighted by Crippen LogP contribution is 1.93. The molecule has 0 spiro atoms. The molecule has 10 heavy (non-hydrogen) atoms. The summed E-state index contributed by atoms with van der Waals surface area (Å²) in [5.41, 5.74) is 0. The van der Waals surface area contributed by atoms with Crippen LogP contribution in [0, 0.1) is 12.3 Å². The number of carbonyl (C=O) groups excluding carboxylic acids is 1. The standard InChI is InChI=1S/C8H11O2/c1-3-4-5-6-7-10-8(2)9/h4-7H2,2H3. The molecular formula is C8H11O2. The van der Waals surface area contributed by atoms with E-state index in [1.807, 2.05) is 0 Å². The molecule has 1 radical (unpaired) electrons. The summed E-state index contributed by atoms with van der Waals surface area (Å²) in [5, 5.41) is 0. The second-order valence-electron chi connectivity index (χ2n) is 1.97. The SMILES string of the molecule is [C]#CCCCCOC(C)=O. The average Bonchev–Trinajstić information content (AvgIpc) is 1.87. The van der Waals surface area contributed by atoms with Crippen molar-refractivity contribution in [2.75, 3.05) is 6.61 Å². The summed E-state index contributed by atoms with van der Waals surface area (Å²) < 4.78 is 4.66. The summed E-state index contributed by atoms with van der Waals surface area (Å²) in [7, 11) is 0. The van der Waals surface area contributed by atoms with Crippen LogP contribution in [0.25, 0.3) is 0 Å². The van der Waals surface area contributed by atoms with Crippen molar-refractivity contribution in [2.45, 2.75) is 26.2 Å². The van der Waals surface area contributed by atoms with E-state index in [-0.39, 0.29) is 5.97 Å². The lowest BCUT2D eigenvalue weighted by Gasteiger charge is -1.98. The molecule has 0 aromatic carbocycles. The molecule has 0 aromatic heterocycles. The Morgan fingerprint density at radius 3 is 2.80 bits per heavy atom. The van der Waals surface area contributed by atoms with Crippen molar-refractivity contribution >= 4 is 5.97 Å². The van der Waals surface area contributed by atoms with E-state index in [0.717, 1.165) is 12.8 Å². The van der Waals surface area contributed by atoms with Crippen molar-refractivity contribution in [2.24, 2.45) is 0 Å². The minimum absolute atomic E-state index is 0.237. The number of esters is 1. The normalized spacial score (nSPS) is 8.40. The van der Waals surface area contributed by atoms with Gasteiger partial charge in [-0.1, -0.05) is 5.92 Å². The second kappa shape index (κ2) is 6.15. The van der Waals surface area contributed by atoms with E-state index in [9.17, 15) is 4.79 Å². The van der Waals surface area contributed by atoms with Crippen LogP contribution in [0.1, 0.15) is 26.2 Å². The van der Waals surface area contributed by atoms with E-state index >= 15 is 0 Å². The predicted octanol–water partition coefficient (Wildman–Crippen LogP) is 1.31. The molecule has 0 N–H and O–H groups in total. The zero-order valence-corrected chi connectivity index (χ0v) is 6.14. The highest BCUT2D eigenvalue weighted by molar-refractivity contribution is 5.65. The highest BCUT2D eigenvalue weighted by Gasteiger charge is 1.90. The van der Waals surface area contributed by atoms with Gasteiger partial charge in [-0.3, -0.25) is 4.79 Å². The van der Waals surface area contributed by atoms with Gasteiger partial charge in [0.15, 0.2) is 0 Å². The summed E-state index contributed by atoms with van der Waals surface area (Å²) in [6.45, 7) is 1.86. The Hall–Kier alpha value is -0.970. The van der Waals surface area contributed by atoms with Crippen molar-refractivity contribution in [3.05, 3.63) is 6.42 Å². The van der Waals surface area contributed by atoms with Crippen molar-refractivity contribution in [3.63, 3.8) is 0 Å². The fourth-order valence-electron chi connectivity index (χ4n) is 0.531. The molecule has 0 aliphatic carbocycles. The van der Waals surface area contributed by atoms with Crippen LogP contribution in [0.3, 0.4) is 0 Å². The maximum absolute atomic E-state index is 10.2. The number of carbonyl (C=O) groups is 1. The lowest BCUT2D eigenvalue weighted by atomic mass is 10.2. The first-order chi connectivity index (χ1) is 4.77. The molecular weight excluding hydrogens is 128 g/mol. The van der Waals surface area contributed by atoms with E-state index in [4.69, 9.17) is 6.42 Å². The number of hydrogen-bond donors (Lipinski definition) is 0. The second-order valence-corrected chi connectivity index (χ2v) is 1.97. The first-order valence-corrected chi connectivity index (χ1v) is 3.30. The molecule has 0 bridgehead atoms. The number of ether oxygens (including phenoxy) is 1. The Morgan fingerprint density at radius 2 is 2.30 bits per heavy atom. The Morgan fingerprint density at radius 1 is 1.60 bits per heavy atom. The van der Waals surface area contributed by atoms with Crippen molar-refractivity contribution in [1.82, 2.24) is 0 Å². The molecule has 0 aliphatic rings. The summed E-state index contributed by atoms with van der Waals surface area (Å²) in [6, 6.07) is 0. The summed E-state index contributed by atoms with van der Waals surface area (Å²) in [4.78, 5) is 10.2. The predicted molar refractivity (Wildman–Crippen MR) is 37.6 cm³/mol. The molecule has 0 saturated carbocycles. The lowest BCUT2D eigenvalue weighted by molar-refractivity contribution is -0.141. The topological polar surface area (TPSA) is 26.3 Å². The Labute approximate surface area is 61.6 Å². The highest BCUT2D eigenvalue weighted by atomic mass is 16.5. The van der Waals surface area contributed by atoms with Gasteiger partial charge < -0.3 is 4.74 Å². The Balaban J connectivity index is 2.92. The van der Waals surface area contributed by atoms with Gasteiger partial charge in [0.1, 0.15) is 0 Å². The molecule has 55 valence electrons. The van der Waals surface area contributed by atoms with Crippen LogP contribution in [-0.4, -0.2) is 12.6 Å². The first-order valence-electron chi connectivity index (χ1n) is 3.30. The van der Waals surface area contributed by atoms with Crippen molar-refractivity contribution in [1.29, 1.82) is 0 Å². The molecule has 0 rings (SSSR count). The van der Waals surface area contributed by atoms with Crippen molar-refractivity contribution in [3.8, 4) is 5.92 Å². The molecule has 0 saturated heterocycles. The molecule has 0 amide bonds. The monoisotopic (exact) mass is 139 g/mol. The number of unbranched alkanes of at least 4 members (excludes halogenated alkanes) is 2. The number of rotatable bonds is 4. The van der Waals surface area contributed by atoms with E-state index in [1.165, 1.54) is 6.92 Å². The van der Waals surface area contributed by atoms with Crippen LogP contribution < -0.4 is 0 Å². The third kappa shape index (κ3) is 7.03. The van der Waals surface area contributed by atoms with E-state index in [0.29, 0.717) is 13.0 Å². The smallest absolute Gasteiger partial charge is 0.302 e. The van der Waals surface area contributed by atoms with Crippen LogP contribution in [-0.2, 0) is 9.53 Å². The zero-order chi connectivity index (χ0) is 7.82. The molecule has 0 aliphatic heterocycles. The Bertz CT molecular complexity index is 133. The summed E-state index contributed by atoms with van der Waals surface area (Å²) in [5.74, 6) is 2.03. The third-order valence-corrected chi connectivity index (χ3v) is 1.00. The largest absolute Gasteiger partial charge is 0.466 e. The maximum Gasteiger partial charge on any atom is 0.302 e. The van der Waals surface area contributed by atoms with Gasteiger partial charge in [-0.05, 0) is 19.3 Å². The third-order valence-electron chi connectivity index (χ3n) is 1.00.